The van der Waals surface area contributed by atoms with Gasteiger partial charge in [-0.2, -0.15) is 0 Å². The number of halogens is 1. The second kappa shape index (κ2) is 3.16. The number of H-pyrrole nitrogens is 2. The molecule has 0 aromatic carbocycles. The van der Waals surface area contributed by atoms with Crippen LogP contribution in [0.5, 0.6) is 0 Å². The topological polar surface area (TPSA) is 74.4 Å². The van der Waals surface area contributed by atoms with Gasteiger partial charge in [-0.05, 0) is 15.9 Å². The van der Waals surface area contributed by atoms with Crippen LogP contribution in [0.4, 0.5) is 0 Å². The monoisotopic (exact) mass is 270 g/mol. The highest BCUT2D eigenvalue weighted by molar-refractivity contribution is 9.10. The maximum atomic E-state index is 11.1. The summed E-state index contributed by atoms with van der Waals surface area (Å²) in [5, 5.41) is 0. The average Bonchev–Trinajstić information content (AvgIpc) is 2.40. The van der Waals surface area contributed by atoms with Crippen molar-refractivity contribution in [1.82, 2.24) is 19.9 Å². The molecule has 80 valence electrons. The lowest BCUT2D eigenvalue weighted by Gasteiger charge is -2.18. The number of aromatic nitrogens is 4. The van der Waals surface area contributed by atoms with E-state index in [2.05, 4.69) is 35.9 Å². The van der Waals surface area contributed by atoms with Crippen molar-refractivity contribution in [2.45, 2.75) is 26.2 Å². The molecule has 15 heavy (non-hydrogen) atoms. The van der Waals surface area contributed by atoms with Crippen molar-refractivity contribution in [1.29, 1.82) is 0 Å². The van der Waals surface area contributed by atoms with E-state index in [4.69, 9.17) is 0 Å². The Kier molecular flexibility index (Phi) is 2.18. The van der Waals surface area contributed by atoms with Crippen LogP contribution in [0.1, 0.15) is 26.5 Å². The highest BCUT2D eigenvalue weighted by atomic mass is 79.9. The van der Waals surface area contributed by atoms with Crippen LogP contribution in [0, 0.1) is 0 Å². The molecule has 2 rings (SSSR count). The summed E-state index contributed by atoms with van der Waals surface area (Å²) in [6.45, 7) is 6.12. The third kappa shape index (κ3) is 1.81. The fraction of sp³-hybridized carbons (Fsp3) is 0.444. The number of imidazole rings is 1. The molecule has 2 aromatic heterocycles. The van der Waals surface area contributed by atoms with Crippen LogP contribution in [0.15, 0.2) is 9.40 Å². The fourth-order valence-corrected chi connectivity index (χ4v) is 2.17. The van der Waals surface area contributed by atoms with Gasteiger partial charge in [-0.1, -0.05) is 20.8 Å². The van der Waals surface area contributed by atoms with Crippen LogP contribution in [-0.4, -0.2) is 19.9 Å². The van der Waals surface area contributed by atoms with E-state index >= 15 is 0 Å². The molecule has 0 bridgehead atoms. The molecule has 2 N–H and O–H groups in total. The van der Waals surface area contributed by atoms with E-state index in [1.54, 1.807) is 0 Å². The molecule has 0 aliphatic rings. The molecule has 0 amide bonds. The Morgan fingerprint density at radius 2 is 1.67 bits per heavy atom. The smallest absolute Gasteiger partial charge is 0.289 e. The van der Waals surface area contributed by atoms with Crippen molar-refractivity contribution < 1.29 is 0 Å². The summed E-state index contributed by atoms with van der Waals surface area (Å²) < 4.78 is 0.665. The van der Waals surface area contributed by atoms with Gasteiger partial charge in [-0.15, -0.1) is 0 Å². The lowest BCUT2D eigenvalue weighted by Crippen LogP contribution is -2.15. The third-order valence-electron chi connectivity index (χ3n) is 2.03. The largest absolute Gasteiger partial charge is 0.326 e. The molecule has 5 nitrogen and oxygen atoms in total. The Labute approximate surface area is 94.5 Å². The summed E-state index contributed by atoms with van der Waals surface area (Å²) in [5.74, 6) is 0. The number of aromatic amines is 2. The Morgan fingerprint density at radius 3 is 2.20 bits per heavy atom. The highest BCUT2D eigenvalue weighted by Gasteiger charge is 2.21. The molecular formula is C9H11BrN4O. The van der Waals surface area contributed by atoms with Crippen LogP contribution in [0.3, 0.4) is 0 Å². The third-order valence-corrected chi connectivity index (χ3v) is 2.58. The normalized spacial score (nSPS) is 12.3. The van der Waals surface area contributed by atoms with Crippen LogP contribution >= 0.6 is 15.9 Å². The molecule has 0 spiro atoms. The number of nitrogens with zero attached hydrogens (tertiary/aromatic N) is 2. The molecule has 0 radical (unpaired) electrons. The lowest BCUT2D eigenvalue weighted by molar-refractivity contribution is 0.564. The number of hydrogen-bond acceptors (Lipinski definition) is 3. The first-order valence-corrected chi connectivity index (χ1v) is 5.33. The first-order valence-electron chi connectivity index (χ1n) is 4.54. The van der Waals surface area contributed by atoms with Gasteiger partial charge in [0, 0.05) is 5.41 Å². The summed E-state index contributed by atoms with van der Waals surface area (Å²) in [4.78, 5) is 24.8. The average molecular weight is 271 g/mol. The zero-order chi connectivity index (χ0) is 11.2. The minimum absolute atomic E-state index is 0.117. The van der Waals surface area contributed by atoms with Crippen LogP contribution in [0.25, 0.3) is 11.3 Å². The van der Waals surface area contributed by atoms with Crippen molar-refractivity contribution in [3.05, 3.63) is 20.8 Å². The maximum absolute atomic E-state index is 11.1. The standard InChI is InChI=1S/C9H11BrN4O/c1-9(2,3)4-5(10)12-7-6(11-4)13-8(15)14-7/h1-3H3,(H2,11,12,13,14,15). The van der Waals surface area contributed by atoms with Gasteiger partial charge in [0.25, 0.3) is 0 Å². The fourth-order valence-electron chi connectivity index (χ4n) is 1.31. The second-order valence-corrected chi connectivity index (χ2v) is 5.14. The van der Waals surface area contributed by atoms with Crippen molar-refractivity contribution in [2.24, 2.45) is 0 Å². The molecule has 0 fully saturated rings. The van der Waals surface area contributed by atoms with Gasteiger partial charge in [0.05, 0.1) is 5.69 Å². The molecule has 0 saturated carbocycles. The van der Waals surface area contributed by atoms with Crippen LogP contribution in [0.2, 0.25) is 0 Å². The van der Waals surface area contributed by atoms with Gasteiger partial charge in [0.1, 0.15) is 4.60 Å². The van der Waals surface area contributed by atoms with Crippen molar-refractivity contribution in [3.63, 3.8) is 0 Å². The van der Waals surface area contributed by atoms with Crippen molar-refractivity contribution >= 4 is 27.2 Å². The van der Waals surface area contributed by atoms with E-state index in [-0.39, 0.29) is 11.1 Å². The Balaban J connectivity index is 2.77. The van der Waals surface area contributed by atoms with E-state index in [0.717, 1.165) is 5.69 Å². The van der Waals surface area contributed by atoms with Gasteiger partial charge in [-0.3, -0.25) is 9.97 Å². The number of rotatable bonds is 0. The first-order chi connectivity index (χ1) is 6.88. The van der Waals surface area contributed by atoms with E-state index in [9.17, 15) is 4.79 Å². The predicted octanol–water partition coefficient (Wildman–Crippen LogP) is 1.71. The summed E-state index contributed by atoms with van der Waals surface area (Å²) >= 11 is 3.35. The summed E-state index contributed by atoms with van der Waals surface area (Å²) in [6, 6.07) is 0. The molecule has 0 aliphatic carbocycles. The van der Waals surface area contributed by atoms with E-state index in [1.807, 2.05) is 20.8 Å². The first kappa shape index (κ1) is 10.4. The van der Waals surface area contributed by atoms with E-state index < -0.39 is 0 Å². The van der Waals surface area contributed by atoms with Crippen molar-refractivity contribution in [2.75, 3.05) is 0 Å². The Hall–Kier alpha value is -1.17. The SMILES string of the molecule is CC(C)(C)c1nc2[nH]c(=O)[nH]c2nc1Br. The summed E-state index contributed by atoms with van der Waals surface area (Å²) in [6.07, 6.45) is 0. The number of fused-ring (bicyclic) bond motifs is 1. The molecule has 2 heterocycles. The molecule has 0 saturated heterocycles. The minimum Gasteiger partial charge on any atom is -0.289 e. The van der Waals surface area contributed by atoms with Gasteiger partial charge >= 0.3 is 5.69 Å². The molecule has 0 atom stereocenters. The Morgan fingerprint density at radius 1 is 1.13 bits per heavy atom. The molecular weight excluding hydrogens is 260 g/mol. The predicted molar refractivity (Wildman–Crippen MR) is 60.9 cm³/mol. The molecule has 2 aromatic rings. The summed E-state index contributed by atoms with van der Waals surface area (Å²) in [5.41, 5.74) is 1.38. The van der Waals surface area contributed by atoms with E-state index in [0.29, 0.717) is 15.9 Å². The molecule has 0 aliphatic heterocycles. The summed E-state index contributed by atoms with van der Waals surface area (Å²) in [7, 11) is 0. The number of hydrogen-bond donors (Lipinski definition) is 2. The van der Waals surface area contributed by atoms with E-state index in [1.165, 1.54) is 0 Å². The van der Waals surface area contributed by atoms with Gasteiger partial charge in [-0.25, -0.2) is 14.8 Å². The number of nitrogens with one attached hydrogen (secondary N) is 2. The minimum atomic E-state index is -0.289. The second-order valence-electron chi connectivity index (χ2n) is 4.39. The maximum Gasteiger partial charge on any atom is 0.326 e. The lowest BCUT2D eigenvalue weighted by atomic mass is 9.93. The zero-order valence-corrected chi connectivity index (χ0v) is 10.3. The Bertz CT molecular complexity index is 563. The van der Waals surface area contributed by atoms with Gasteiger partial charge < -0.3 is 0 Å². The van der Waals surface area contributed by atoms with Crippen LogP contribution < -0.4 is 5.69 Å². The quantitative estimate of drug-likeness (QED) is 0.765. The van der Waals surface area contributed by atoms with Gasteiger partial charge in [0.2, 0.25) is 0 Å². The van der Waals surface area contributed by atoms with Gasteiger partial charge in [0.15, 0.2) is 11.3 Å². The van der Waals surface area contributed by atoms with Crippen LogP contribution in [-0.2, 0) is 5.41 Å². The zero-order valence-electron chi connectivity index (χ0n) is 8.68. The van der Waals surface area contributed by atoms with Crippen molar-refractivity contribution in [3.8, 4) is 0 Å². The molecule has 0 unspecified atom stereocenters. The highest BCUT2D eigenvalue weighted by Crippen LogP contribution is 2.27. The molecule has 6 heteroatoms.